The Morgan fingerprint density at radius 2 is 1.65 bits per heavy atom. The van der Waals surface area contributed by atoms with E-state index in [1.807, 2.05) is 6.07 Å². The lowest BCUT2D eigenvalue weighted by atomic mass is 10.1. The van der Waals surface area contributed by atoms with Gasteiger partial charge >= 0.3 is 0 Å². The summed E-state index contributed by atoms with van der Waals surface area (Å²) >= 11 is 0. The molecule has 0 spiro atoms. The Kier molecular flexibility index (Phi) is 3.75. The van der Waals surface area contributed by atoms with Crippen molar-refractivity contribution in [1.29, 1.82) is 0 Å². The van der Waals surface area contributed by atoms with Gasteiger partial charge < -0.3 is 0 Å². The average Bonchev–Trinajstić information content (AvgIpc) is 2.90. The molecule has 1 aromatic rings. The highest BCUT2D eigenvalue weighted by molar-refractivity contribution is 5.95. The van der Waals surface area contributed by atoms with Crippen LogP contribution in [0.5, 0.6) is 0 Å². The second-order valence-corrected chi connectivity index (χ2v) is 4.29. The summed E-state index contributed by atoms with van der Waals surface area (Å²) in [7, 11) is 0. The van der Waals surface area contributed by atoms with Crippen molar-refractivity contribution >= 4 is 11.8 Å². The molecule has 4 heteroatoms. The highest BCUT2D eigenvalue weighted by Crippen LogP contribution is 2.24. The van der Waals surface area contributed by atoms with Crippen LogP contribution in [0, 0.1) is 5.92 Å². The van der Waals surface area contributed by atoms with Crippen LogP contribution in [0.15, 0.2) is 30.3 Å². The standard InChI is InChI=1S/C13H16N2O2/c16-12(10-6-2-1-3-7-10)14-15-13(17)11-8-4-5-9-11/h1-3,6-7,11H,4-5,8-9H2,(H,14,16)(H,15,17). The molecule has 2 amide bonds. The van der Waals surface area contributed by atoms with Gasteiger partial charge in [-0.15, -0.1) is 0 Å². The third-order valence-electron chi connectivity index (χ3n) is 3.06. The maximum absolute atomic E-state index is 11.7. The molecule has 0 aliphatic heterocycles. The van der Waals surface area contributed by atoms with Crippen molar-refractivity contribution in [3.05, 3.63) is 35.9 Å². The summed E-state index contributed by atoms with van der Waals surface area (Å²) in [5.74, 6) is -0.296. The van der Waals surface area contributed by atoms with Crippen LogP contribution in [-0.2, 0) is 4.79 Å². The maximum atomic E-state index is 11.7. The third-order valence-corrected chi connectivity index (χ3v) is 3.06. The van der Waals surface area contributed by atoms with Crippen molar-refractivity contribution in [2.75, 3.05) is 0 Å². The van der Waals surface area contributed by atoms with E-state index in [1.54, 1.807) is 24.3 Å². The van der Waals surface area contributed by atoms with Gasteiger partial charge in [-0.3, -0.25) is 20.4 Å². The van der Waals surface area contributed by atoms with Gasteiger partial charge in [0.15, 0.2) is 0 Å². The molecule has 90 valence electrons. The van der Waals surface area contributed by atoms with E-state index < -0.39 is 0 Å². The first-order valence-electron chi connectivity index (χ1n) is 5.92. The summed E-state index contributed by atoms with van der Waals surface area (Å²) in [6.45, 7) is 0. The lowest BCUT2D eigenvalue weighted by Crippen LogP contribution is -2.44. The smallest absolute Gasteiger partial charge is 0.269 e. The fourth-order valence-corrected chi connectivity index (χ4v) is 2.07. The van der Waals surface area contributed by atoms with Crippen LogP contribution in [0.2, 0.25) is 0 Å². The second kappa shape index (κ2) is 5.48. The monoisotopic (exact) mass is 232 g/mol. The second-order valence-electron chi connectivity index (χ2n) is 4.29. The first-order chi connectivity index (χ1) is 8.27. The number of hydrazine groups is 1. The molecule has 0 heterocycles. The summed E-state index contributed by atoms with van der Waals surface area (Å²) in [6, 6.07) is 8.82. The van der Waals surface area contributed by atoms with E-state index in [0.717, 1.165) is 25.7 Å². The normalized spacial score (nSPS) is 15.5. The van der Waals surface area contributed by atoms with Crippen LogP contribution in [-0.4, -0.2) is 11.8 Å². The summed E-state index contributed by atoms with van der Waals surface area (Å²) < 4.78 is 0. The number of rotatable bonds is 2. The predicted molar refractivity (Wildman–Crippen MR) is 64.0 cm³/mol. The largest absolute Gasteiger partial charge is 0.273 e. The lowest BCUT2D eigenvalue weighted by molar-refractivity contribution is -0.125. The summed E-state index contributed by atoms with van der Waals surface area (Å²) in [5, 5.41) is 0. The third kappa shape index (κ3) is 3.06. The lowest BCUT2D eigenvalue weighted by Gasteiger charge is -2.11. The van der Waals surface area contributed by atoms with Crippen molar-refractivity contribution in [3.63, 3.8) is 0 Å². The molecule has 1 aromatic carbocycles. The number of hydrogen-bond donors (Lipinski definition) is 2. The van der Waals surface area contributed by atoms with E-state index in [1.165, 1.54) is 0 Å². The molecule has 1 fully saturated rings. The van der Waals surface area contributed by atoms with Crippen molar-refractivity contribution in [2.45, 2.75) is 25.7 Å². The van der Waals surface area contributed by atoms with Crippen LogP contribution in [0.3, 0.4) is 0 Å². The van der Waals surface area contributed by atoms with E-state index in [9.17, 15) is 9.59 Å². The molecular weight excluding hydrogens is 216 g/mol. The van der Waals surface area contributed by atoms with Gasteiger partial charge in [0, 0.05) is 11.5 Å². The topological polar surface area (TPSA) is 58.2 Å². The quantitative estimate of drug-likeness (QED) is 0.761. The summed E-state index contributed by atoms with van der Waals surface area (Å²) in [4.78, 5) is 23.3. The van der Waals surface area contributed by atoms with Crippen molar-refractivity contribution in [2.24, 2.45) is 5.92 Å². The fourth-order valence-electron chi connectivity index (χ4n) is 2.07. The Morgan fingerprint density at radius 3 is 2.29 bits per heavy atom. The minimum atomic E-state index is -0.281. The molecular formula is C13H16N2O2. The minimum absolute atomic E-state index is 0.0612. The molecule has 1 aliphatic rings. The Morgan fingerprint density at radius 1 is 1.00 bits per heavy atom. The van der Waals surface area contributed by atoms with E-state index in [-0.39, 0.29) is 17.7 Å². The molecule has 0 radical (unpaired) electrons. The van der Waals surface area contributed by atoms with Crippen molar-refractivity contribution < 1.29 is 9.59 Å². The number of benzene rings is 1. The van der Waals surface area contributed by atoms with Crippen LogP contribution in [0.4, 0.5) is 0 Å². The number of carbonyl (C=O) groups is 2. The Labute approximate surface area is 100 Å². The Balaban J connectivity index is 1.82. The van der Waals surface area contributed by atoms with E-state index >= 15 is 0 Å². The first kappa shape index (κ1) is 11.6. The predicted octanol–water partition coefficient (Wildman–Crippen LogP) is 1.64. The number of nitrogens with one attached hydrogen (secondary N) is 2. The molecule has 2 N–H and O–H groups in total. The van der Waals surface area contributed by atoms with Crippen LogP contribution in [0.1, 0.15) is 36.0 Å². The number of amides is 2. The molecule has 1 saturated carbocycles. The zero-order valence-corrected chi connectivity index (χ0v) is 9.61. The van der Waals surface area contributed by atoms with Crippen LogP contribution in [0.25, 0.3) is 0 Å². The summed E-state index contributed by atoms with van der Waals surface area (Å²) in [6.07, 6.45) is 4.05. The zero-order chi connectivity index (χ0) is 12.1. The highest BCUT2D eigenvalue weighted by Gasteiger charge is 2.22. The van der Waals surface area contributed by atoms with E-state index in [4.69, 9.17) is 0 Å². The number of carbonyl (C=O) groups excluding carboxylic acids is 2. The van der Waals surface area contributed by atoms with Gasteiger partial charge in [0.1, 0.15) is 0 Å². The maximum Gasteiger partial charge on any atom is 0.269 e. The van der Waals surface area contributed by atoms with Gasteiger partial charge in [-0.25, -0.2) is 0 Å². The SMILES string of the molecule is O=C(NNC(=O)C1CCCC1)c1ccccc1. The molecule has 2 rings (SSSR count). The minimum Gasteiger partial charge on any atom is -0.273 e. The Bertz CT molecular complexity index is 397. The molecule has 0 unspecified atom stereocenters. The highest BCUT2D eigenvalue weighted by atomic mass is 16.2. The van der Waals surface area contributed by atoms with E-state index in [0.29, 0.717) is 5.56 Å². The van der Waals surface area contributed by atoms with Gasteiger partial charge in [0.2, 0.25) is 5.91 Å². The molecule has 0 atom stereocenters. The van der Waals surface area contributed by atoms with Gasteiger partial charge in [0.25, 0.3) is 5.91 Å². The Hall–Kier alpha value is -1.84. The first-order valence-corrected chi connectivity index (χ1v) is 5.92. The molecule has 1 aliphatic carbocycles. The average molecular weight is 232 g/mol. The van der Waals surface area contributed by atoms with Gasteiger partial charge in [-0.2, -0.15) is 0 Å². The van der Waals surface area contributed by atoms with Crippen LogP contribution >= 0.6 is 0 Å². The van der Waals surface area contributed by atoms with Gasteiger partial charge in [-0.05, 0) is 25.0 Å². The van der Waals surface area contributed by atoms with Gasteiger partial charge in [-0.1, -0.05) is 31.0 Å². The van der Waals surface area contributed by atoms with Crippen molar-refractivity contribution in [1.82, 2.24) is 10.9 Å². The summed E-state index contributed by atoms with van der Waals surface area (Å²) in [5.41, 5.74) is 5.46. The molecule has 4 nitrogen and oxygen atoms in total. The number of hydrogen-bond acceptors (Lipinski definition) is 2. The fraction of sp³-hybridized carbons (Fsp3) is 0.385. The molecule has 0 saturated heterocycles. The molecule has 0 aromatic heterocycles. The zero-order valence-electron chi connectivity index (χ0n) is 9.61. The van der Waals surface area contributed by atoms with Gasteiger partial charge in [0.05, 0.1) is 0 Å². The van der Waals surface area contributed by atoms with E-state index in [2.05, 4.69) is 10.9 Å². The van der Waals surface area contributed by atoms with Crippen molar-refractivity contribution in [3.8, 4) is 0 Å². The molecule has 0 bridgehead atoms. The van der Waals surface area contributed by atoms with Crippen LogP contribution < -0.4 is 10.9 Å². The molecule has 17 heavy (non-hydrogen) atoms.